The second-order valence-electron chi connectivity index (χ2n) is 10.7. The second-order valence-corrected chi connectivity index (χ2v) is 10.7. The first kappa shape index (κ1) is 26.6. The normalized spacial score (nSPS) is 18.2. The van der Waals surface area contributed by atoms with Crippen molar-refractivity contribution in [2.75, 3.05) is 28.2 Å². The predicted octanol–water partition coefficient (Wildman–Crippen LogP) is 7.75. The van der Waals surface area contributed by atoms with E-state index in [0.29, 0.717) is 24.0 Å². The van der Waals surface area contributed by atoms with E-state index in [1.54, 1.807) is 0 Å². The number of fused-ring (bicyclic) bond motifs is 1. The molecule has 5 nitrogen and oxygen atoms in total. The third-order valence-electron chi connectivity index (χ3n) is 8.34. The molecule has 1 aliphatic heterocycles. The molecule has 4 aromatic rings. The van der Waals surface area contributed by atoms with Gasteiger partial charge in [-0.3, -0.25) is 14.5 Å². The van der Waals surface area contributed by atoms with Gasteiger partial charge in [-0.05, 0) is 73.7 Å². The molecule has 0 fully saturated rings. The highest BCUT2D eigenvalue weighted by Crippen LogP contribution is 2.48. The molecular formula is C36H35N3O2. The largest absolute Gasteiger partial charge is 0.372 e. The number of hydrogen-bond acceptors (Lipinski definition) is 4. The van der Waals surface area contributed by atoms with Crippen molar-refractivity contribution in [3.8, 4) is 0 Å². The van der Waals surface area contributed by atoms with Crippen LogP contribution in [-0.2, 0) is 4.79 Å². The maximum atomic E-state index is 14.4. The summed E-state index contributed by atoms with van der Waals surface area (Å²) in [5.74, 6) is 0.0117. The molecule has 0 saturated carbocycles. The summed E-state index contributed by atoms with van der Waals surface area (Å²) in [6.07, 6.45) is 1.10. The highest BCUT2D eigenvalue weighted by molar-refractivity contribution is 6.12. The van der Waals surface area contributed by atoms with Gasteiger partial charge in [-0.2, -0.15) is 0 Å². The van der Waals surface area contributed by atoms with Crippen molar-refractivity contribution < 1.29 is 9.59 Å². The molecule has 0 unspecified atom stereocenters. The minimum atomic E-state index is -0.566. The van der Waals surface area contributed by atoms with Crippen LogP contribution >= 0.6 is 0 Å². The molecule has 206 valence electrons. The molecule has 0 saturated heterocycles. The lowest BCUT2D eigenvalue weighted by Gasteiger charge is -2.35. The second kappa shape index (κ2) is 11.5. The van der Waals surface area contributed by atoms with Crippen molar-refractivity contribution in [1.82, 2.24) is 0 Å². The topological polar surface area (TPSA) is 52.7 Å². The van der Waals surface area contributed by atoms with E-state index in [1.165, 1.54) is 0 Å². The van der Waals surface area contributed by atoms with E-state index in [4.69, 9.17) is 0 Å². The first-order chi connectivity index (χ1) is 20.1. The molecule has 0 aromatic heterocycles. The Labute approximate surface area is 242 Å². The molecule has 2 aliphatic rings. The molecule has 0 radical (unpaired) electrons. The molecule has 0 spiro atoms. The maximum absolute atomic E-state index is 14.4. The number of benzene rings is 4. The van der Waals surface area contributed by atoms with Crippen LogP contribution in [0.2, 0.25) is 0 Å². The van der Waals surface area contributed by atoms with Gasteiger partial charge in [-0.15, -0.1) is 0 Å². The van der Waals surface area contributed by atoms with E-state index in [0.717, 1.165) is 47.0 Å². The Morgan fingerprint density at radius 1 is 0.780 bits per heavy atom. The maximum Gasteiger partial charge on any atom is 0.259 e. The summed E-state index contributed by atoms with van der Waals surface area (Å²) < 4.78 is 0. The quantitative estimate of drug-likeness (QED) is 0.271. The molecule has 1 aliphatic carbocycles. The number of carbonyl (C=O) groups excluding carboxylic acids is 2. The van der Waals surface area contributed by atoms with Gasteiger partial charge in [-0.1, -0.05) is 72.8 Å². The predicted molar refractivity (Wildman–Crippen MR) is 167 cm³/mol. The molecule has 6 rings (SSSR count). The van der Waals surface area contributed by atoms with Crippen LogP contribution in [0.25, 0.3) is 0 Å². The van der Waals surface area contributed by atoms with Crippen molar-refractivity contribution in [2.45, 2.75) is 38.6 Å². The van der Waals surface area contributed by atoms with Crippen LogP contribution in [0.15, 0.2) is 120 Å². The van der Waals surface area contributed by atoms with Crippen LogP contribution in [0.3, 0.4) is 0 Å². The Bertz CT molecular complexity index is 1570. The summed E-state index contributed by atoms with van der Waals surface area (Å²) >= 11 is 0. The summed E-state index contributed by atoms with van der Waals surface area (Å²) in [5, 5.41) is 3.63. The highest BCUT2D eigenvalue weighted by Gasteiger charge is 2.41. The van der Waals surface area contributed by atoms with Crippen LogP contribution in [0.1, 0.15) is 60.1 Å². The summed E-state index contributed by atoms with van der Waals surface area (Å²) in [5.41, 5.74) is 6.94. The third kappa shape index (κ3) is 5.04. The minimum absolute atomic E-state index is 0.0732. The van der Waals surface area contributed by atoms with Gasteiger partial charge in [0.15, 0.2) is 5.78 Å². The van der Waals surface area contributed by atoms with Crippen molar-refractivity contribution in [3.05, 3.63) is 137 Å². The van der Waals surface area contributed by atoms with Gasteiger partial charge in [-0.25, -0.2) is 0 Å². The van der Waals surface area contributed by atoms with Crippen LogP contribution in [-0.4, -0.2) is 24.8 Å². The standard InChI is InChI=1S/C36H35N3O2/c1-3-38(4-2)29-21-19-26(20-22-29)35-34-31(23-28(24-33(34)40)25-13-7-5-8-14-25)37-30-17-11-12-18-32(30)39(35)36(41)27-15-9-6-10-16-27/h5-22,28,35,37H,3-4,23-24H2,1-2H3/t28-,35-/m0/s1. The zero-order chi connectivity index (χ0) is 28.3. The van der Waals surface area contributed by atoms with Crippen LogP contribution in [0, 0.1) is 0 Å². The Kier molecular flexibility index (Phi) is 7.43. The summed E-state index contributed by atoms with van der Waals surface area (Å²) in [4.78, 5) is 32.7. The molecule has 1 amide bonds. The Morgan fingerprint density at radius 2 is 1.41 bits per heavy atom. The van der Waals surface area contributed by atoms with Gasteiger partial charge in [0, 0.05) is 42.0 Å². The van der Waals surface area contributed by atoms with E-state index >= 15 is 0 Å². The number of Topliss-reactive ketones (excluding diaryl/α,β-unsaturated/α-hetero) is 1. The van der Waals surface area contributed by atoms with Crippen molar-refractivity contribution in [1.29, 1.82) is 0 Å². The number of allylic oxidation sites excluding steroid dienone is 1. The smallest absolute Gasteiger partial charge is 0.259 e. The number of carbonyl (C=O) groups is 2. The molecule has 4 aromatic carbocycles. The van der Waals surface area contributed by atoms with Crippen LogP contribution in [0.4, 0.5) is 17.1 Å². The van der Waals surface area contributed by atoms with E-state index in [9.17, 15) is 9.59 Å². The van der Waals surface area contributed by atoms with Gasteiger partial charge < -0.3 is 10.2 Å². The Morgan fingerprint density at radius 3 is 2.10 bits per heavy atom. The van der Waals surface area contributed by atoms with Gasteiger partial charge >= 0.3 is 0 Å². The lowest BCUT2D eigenvalue weighted by molar-refractivity contribution is -0.116. The summed E-state index contributed by atoms with van der Waals surface area (Å²) in [6.45, 7) is 6.10. The average Bonchev–Trinajstić information content (AvgIpc) is 3.17. The number of hydrogen-bond donors (Lipinski definition) is 1. The van der Waals surface area contributed by atoms with E-state index in [2.05, 4.69) is 60.5 Å². The van der Waals surface area contributed by atoms with Crippen LogP contribution in [0.5, 0.6) is 0 Å². The van der Waals surface area contributed by atoms with Crippen molar-refractivity contribution in [3.63, 3.8) is 0 Å². The molecule has 0 bridgehead atoms. The first-order valence-corrected chi connectivity index (χ1v) is 14.5. The SMILES string of the molecule is CCN(CC)c1ccc([C@H]2C3=C(C[C@H](c4ccccc4)CC3=O)Nc3ccccc3N2C(=O)c2ccccc2)cc1. The monoisotopic (exact) mass is 541 g/mol. The molecule has 41 heavy (non-hydrogen) atoms. The number of anilines is 3. The minimum Gasteiger partial charge on any atom is -0.372 e. The zero-order valence-corrected chi connectivity index (χ0v) is 23.6. The zero-order valence-electron chi connectivity index (χ0n) is 23.6. The van der Waals surface area contributed by atoms with Crippen LogP contribution < -0.4 is 15.1 Å². The third-order valence-corrected chi connectivity index (χ3v) is 8.34. The van der Waals surface area contributed by atoms with E-state index in [1.807, 2.05) is 77.7 Å². The molecule has 5 heteroatoms. The average molecular weight is 542 g/mol. The Balaban J connectivity index is 1.54. The number of rotatable bonds is 6. The number of nitrogens with one attached hydrogen (secondary N) is 1. The fourth-order valence-electron chi connectivity index (χ4n) is 6.27. The summed E-state index contributed by atoms with van der Waals surface area (Å²) in [6, 6.07) is 35.3. The highest BCUT2D eigenvalue weighted by atomic mass is 16.2. The number of nitrogens with zero attached hydrogens (tertiary/aromatic N) is 2. The van der Waals surface area contributed by atoms with Crippen molar-refractivity contribution >= 4 is 28.8 Å². The number of amides is 1. The Hall–Kier alpha value is -4.64. The molecule has 2 atom stereocenters. The first-order valence-electron chi connectivity index (χ1n) is 14.5. The molecular weight excluding hydrogens is 506 g/mol. The van der Waals surface area contributed by atoms with Gasteiger partial charge in [0.25, 0.3) is 5.91 Å². The number of para-hydroxylation sites is 2. The number of ketones is 1. The fraction of sp³-hybridized carbons (Fsp3) is 0.222. The fourth-order valence-corrected chi connectivity index (χ4v) is 6.27. The van der Waals surface area contributed by atoms with Gasteiger partial charge in [0.1, 0.15) is 0 Å². The van der Waals surface area contributed by atoms with E-state index in [-0.39, 0.29) is 17.6 Å². The lowest BCUT2D eigenvalue weighted by atomic mass is 9.78. The van der Waals surface area contributed by atoms with Gasteiger partial charge in [0.2, 0.25) is 0 Å². The molecule has 1 heterocycles. The van der Waals surface area contributed by atoms with Gasteiger partial charge in [0.05, 0.1) is 17.4 Å². The molecule has 1 N–H and O–H groups in total. The lowest BCUT2D eigenvalue weighted by Crippen LogP contribution is -2.38. The van der Waals surface area contributed by atoms with Crippen molar-refractivity contribution in [2.24, 2.45) is 0 Å². The summed E-state index contributed by atoms with van der Waals surface area (Å²) in [7, 11) is 0. The van der Waals surface area contributed by atoms with E-state index < -0.39 is 6.04 Å².